The topological polar surface area (TPSA) is 166 Å². The highest BCUT2D eigenvalue weighted by molar-refractivity contribution is 5.90. The summed E-state index contributed by atoms with van der Waals surface area (Å²) in [7, 11) is 0. The Hall–Kier alpha value is -3.96. The van der Waals surface area contributed by atoms with Crippen molar-refractivity contribution in [3.63, 3.8) is 0 Å². The summed E-state index contributed by atoms with van der Waals surface area (Å²) in [6, 6.07) is 14.2. The lowest BCUT2D eigenvalue weighted by Gasteiger charge is -2.30. The van der Waals surface area contributed by atoms with Crippen molar-refractivity contribution in [2.24, 2.45) is 17.8 Å². The molecule has 0 aliphatic heterocycles. The van der Waals surface area contributed by atoms with Gasteiger partial charge >= 0.3 is 5.97 Å². The van der Waals surface area contributed by atoms with E-state index in [4.69, 9.17) is 4.74 Å². The van der Waals surface area contributed by atoms with Crippen molar-refractivity contribution in [3.8, 4) is 5.75 Å². The Balaban J connectivity index is 2.14. The summed E-state index contributed by atoms with van der Waals surface area (Å²) in [5.74, 6) is -2.23. The fraction of sp³-hybridized carbons (Fsp3) is 0.568. The molecule has 6 N–H and O–H groups in total. The van der Waals surface area contributed by atoms with Crippen LogP contribution in [0.15, 0.2) is 54.6 Å². The number of amides is 3. The number of rotatable bonds is 21. The Morgan fingerprint density at radius 3 is 2.02 bits per heavy atom. The Kier molecular flexibility index (Phi) is 17.1. The molecule has 0 aliphatic carbocycles. The monoisotopic (exact) mass is 668 g/mol. The molecule has 2 aromatic rings. The van der Waals surface area contributed by atoms with E-state index in [1.807, 2.05) is 89.2 Å². The number of aliphatic hydroxyl groups excluding tert-OH is 1. The molecule has 2 aromatic carbocycles. The zero-order valence-electron chi connectivity index (χ0n) is 29.5. The van der Waals surface area contributed by atoms with Crippen molar-refractivity contribution in [1.29, 1.82) is 0 Å². The van der Waals surface area contributed by atoms with Gasteiger partial charge in [-0.1, -0.05) is 90.4 Å². The average Bonchev–Trinajstić information content (AvgIpc) is 3.03. The number of ether oxygens (including phenoxy) is 1. The third-order valence-electron chi connectivity index (χ3n) is 8.53. The van der Waals surface area contributed by atoms with Gasteiger partial charge < -0.3 is 36.2 Å². The molecule has 0 heterocycles. The number of aliphatic hydroxyl groups is 1. The highest BCUT2D eigenvalue weighted by atomic mass is 16.5. The Bertz CT molecular complexity index is 1300. The Morgan fingerprint density at radius 2 is 1.44 bits per heavy atom. The Morgan fingerprint density at radius 1 is 0.771 bits per heavy atom. The minimum Gasteiger partial charge on any atom is -0.494 e. The molecule has 0 bridgehead atoms. The fourth-order valence-corrected chi connectivity index (χ4v) is 5.32. The molecule has 0 aliphatic rings. The van der Waals surface area contributed by atoms with Gasteiger partial charge in [-0.25, -0.2) is 4.79 Å². The van der Waals surface area contributed by atoms with Crippen molar-refractivity contribution in [1.82, 2.24) is 21.3 Å². The van der Waals surface area contributed by atoms with Gasteiger partial charge in [-0.2, -0.15) is 0 Å². The van der Waals surface area contributed by atoms with Gasteiger partial charge in [-0.05, 0) is 54.4 Å². The van der Waals surface area contributed by atoms with Crippen LogP contribution in [0.25, 0.3) is 0 Å². The van der Waals surface area contributed by atoms with E-state index in [0.717, 1.165) is 11.1 Å². The van der Waals surface area contributed by atoms with Crippen molar-refractivity contribution in [3.05, 3.63) is 65.7 Å². The van der Waals surface area contributed by atoms with Crippen molar-refractivity contribution >= 4 is 23.7 Å². The third kappa shape index (κ3) is 13.6. The first-order valence-corrected chi connectivity index (χ1v) is 17.0. The first kappa shape index (κ1) is 40.2. The Labute approximate surface area is 285 Å². The summed E-state index contributed by atoms with van der Waals surface area (Å²) < 4.78 is 5.56. The van der Waals surface area contributed by atoms with Gasteiger partial charge in [-0.3, -0.25) is 14.4 Å². The molecule has 0 radical (unpaired) electrons. The van der Waals surface area contributed by atoms with E-state index in [1.165, 1.54) is 0 Å². The second kappa shape index (κ2) is 20.4. The van der Waals surface area contributed by atoms with Gasteiger partial charge in [-0.15, -0.1) is 0 Å². The summed E-state index contributed by atoms with van der Waals surface area (Å²) in [6.07, 6.45) is -0.235. The largest absolute Gasteiger partial charge is 0.494 e. The molecule has 0 spiro atoms. The number of carbonyl (C=O) groups excluding carboxylic acids is 3. The average molecular weight is 669 g/mol. The molecule has 2 rings (SSSR count). The number of carboxylic acid groups (broad SMARTS) is 1. The summed E-state index contributed by atoms with van der Waals surface area (Å²) >= 11 is 0. The number of hydrogen-bond acceptors (Lipinski definition) is 7. The van der Waals surface area contributed by atoms with E-state index in [-0.39, 0.29) is 42.5 Å². The number of hydrogen-bond donors (Lipinski definition) is 6. The maximum Gasteiger partial charge on any atom is 0.326 e. The van der Waals surface area contributed by atoms with Crippen LogP contribution < -0.4 is 26.0 Å². The minimum atomic E-state index is -1.15. The van der Waals surface area contributed by atoms with Crippen LogP contribution in [-0.4, -0.2) is 77.3 Å². The maximum absolute atomic E-state index is 13.3. The molecular weight excluding hydrogens is 612 g/mol. The van der Waals surface area contributed by atoms with Crippen LogP contribution in [0.5, 0.6) is 5.75 Å². The molecule has 48 heavy (non-hydrogen) atoms. The summed E-state index contributed by atoms with van der Waals surface area (Å²) in [5.41, 5.74) is 1.79. The van der Waals surface area contributed by atoms with Crippen molar-refractivity contribution in [2.45, 2.75) is 104 Å². The van der Waals surface area contributed by atoms with Crippen LogP contribution in [0.1, 0.15) is 72.4 Å². The first-order chi connectivity index (χ1) is 22.7. The molecule has 3 amide bonds. The summed E-state index contributed by atoms with van der Waals surface area (Å²) in [6.45, 7) is 13.9. The van der Waals surface area contributed by atoms with E-state index in [9.17, 15) is 29.4 Å². The quantitative estimate of drug-likeness (QED) is 0.118. The predicted molar refractivity (Wildman–Crippen MR) is 186 cm³/mol. The lowest BCUT2D eigenvalue weighted by atomic mass is 9.95. The van der Waals surface area contributed by atoms with Gasteiger partial charge in [0.2, 0.25) is 17.7 Å². The van der Waals surface area contributed by atoms with Crippen LogP contribution in [0.3, 0.4) is 0 Å². The van der Waals surface area contributed by atoms with Gasteiger partial charge in [0.25, 0.3) is 0 Å². The highest BCUT2D eigenvalue weighted by Crippen LogP contribution is 2.16. The number of aliphatic carboxylic acids is 1. The van der Waals surface area contributed by atoms with Gasteiger partial charge in [0.05, 0.1) is 25.6 Å². The molecule has 0 unspecified atom stereocenters. The maximum atomic E-state index is 13.3. The highest BCUT2D eigenvalue weighted by Gasteiger charge is 2.32. The number of carboxylic acids is 1. The molecule has 6 atom stereocenters. The molecule has 11 nitrogen and oxygen atoms in total. The summed E-state index contributed by atoms with van der Waals surface area (Å²) in [4.78, 5) is 51.1. The van der Waals surface area contributed by atoms with E-state index in [0.29, 0.717) is 31.7 Å². The van der Waals surface area contributed by atoms with Gasteiger partial charge in [0.15, 0.2) is 0 Å². The van der Waals surface area contributed by atoms with Gasteiger partial charge in [0, 0.05) is 18.6 Å². The fourth-order valence-electron chi connectivity index (χ4n) is 5.32. The van der Waals surface area contributed by atoms with Crippen LogP contribution in [0.2, 0.25) is 0 Å². The van der Waals surface area contributed by atoms with Crippen LogP contribution >= 0.6 is 0 Å². The molecule has 266 valence electrons. The smallest absolute Gasteiger partial charge is 0.326 e. The molecule has 0 saturated carbocycles. The molecule has 11 heteroatoms. The van der Waals surface area contributed by atoms with Crippen LogP contribution in [0.4, 0.5) is 0 Å². The van der Waals surface area contributed by atoms with Crippen molar-refractivity contribution < 1.29 is 34.1 Å². The van der Waals surface area contributed by atoms with E-state index in [1.54, 1.807) is 13.8 Å². The third-order valence-corrected chi connectivity index (χ3v) is 8.53. The molecular formula is C37H56N4O7. The first-order valence-electron chi connectivity index (χ1n) is 17.0. The predicted octanol–water partition coefficient (Wildman–Crippen LogP) is 3.48. The lowest BCUT2D eigenvalue weighted by molar-refractivity contribution is -0.143. The lowest BCUT2D eigenvalue weighted by Crippen LogP contribution is -2.56. The van der Waals surface area contributed by atoms with E-state index in [2.05, 4.69) is 21.3 Å². The summed E-state index contributed by atoms with van der Waals surface area (Å²) in [5, 5.41) is 32.7. The zero-order chi connectivity index (χ0) is 35.8. The van der Waals surface area contributed by atoms with E-state index >= 15 is 0 Å². The van der Waals surface area contributed by atoms with E-state index < -0.39 is 42.0 Å². The second-order valence-corrected chi connectivity index (χ2v) is 13.2. The molecule has 0 saturated heterocycles. The van der Waals surface area contributed by atoms with Crippen molar-refractivity contribution in [2.75, 3.05) is 13.2 Å². The zero-order valence-corrected chi connectivity index (χ0v) is 29.5. The van der Waals surface area contributed by atoms with Crippen LogP contribution in [-0.2, 0) is 32.0 Å². The molecule has 0 aromatic heterocycles. The second-order valence-electron chi connectivity index (χ2n) is 13.2. The van der Waals surface area contributed by atoms with Gasteiger partial charge in [0.1, 0.15) is 17.8 Å². The standard InChI is InChI=1S/C37H56N4O7/c1-8-25(7)35(36(45)41-34(24(5)6)37(46)47)40-33(44)21-31(42)29(19-26-14-11-10-12-15-26)38-22-30(23(3)4)39-32(43)20-27-16-13-17-28(18-27)48-9-2/h10-18,23-25,29-31,34-35,38,42H,8-9,19-22H2,1-7H3,(H,39,43)(H,40,44)(H,41,45)(H,46,47)/t25-,29-,30+,31-,34-,35-/m0/s1. The molecule has 0 fully saturated rings. The normalized spacial score (nSPS) is 15.1. The van der Waals surface area contributed by atoms with Crippen LogP contribution in [0, 0.1) is 17.8 Å². The minimum absolute atomic E-state index is 0.0734. The number of carbonyl (C=O) groups is 4. The number of benzene rings is 2. The SMILES string of the molecule is CCOc1cccc(CC(=O)N[C@H](CN[C@@H](Cc2ccccc2)[C@@H](O)CC(=O)N[C@H](C(=O)N[C@H](C(=O)O)C(C)C)[C@@H](C)CC)C(C)C)c1. The number of nitrogens with one attached hydrogen (secondary N) is 4.